The quantitative estimate of drug-likeness (QED) is 0.292. The third-order valence-electron chi connectivity index (χ3n) is 6.48. The zero-order chi connectivity index (χ0) is 29.1. The maximum atomic E-state index is 13.9. The Kier molecular flexibility index (Phi) is 11.0. The van der Waals surface area contributed by atoms with E-state index in [1.807, 2.05) is 19.1 Å². The van der Waals surface area contributed by atoms with Gasteiger partial charge >= 0.3 is 0 Å². The fourth-order valence-electron chi connectivity index (χ4n) is 4.04. The van der Waals surface area contributed by atoms with Gasteiger partial charge in [0.25, 0.3) is 10.0 Å². The lowest BCUT2D eigenvalue weighted by Crippen LogP contribution is -2.51. The van der Waals surface area contributed by atoms with Gasteiger partial charge in [-0.3, -0.25) is 13.9 Å². The molecule has 0 saturated heterocycles. The normalized spacial score (nSPS) is 11.8. The Morgan fingerprint density at radius 1 is 0.875 bits per heavy atom. The number of benzene rings is 3. The lowest BCUT2D eigenvalue weighted by Gasteiger charge is -2.32. The number of methoxy groups -OCH3 is 2. The number of carbonyl (C=O) groups is 2. The van der Waals surface area contributed by atoms with E-state index in [0.29, 0.717) is 23.7 Å². The molecular weight excluding hydrogens is 530 g/mol. The summed E-state index contributed by atoms with van der Waals surface area (Å²) in [6.07, 6.45) is 1.73. The van der Waals surface area contributed by atoms with Crippen LogP contribution in [0.5, 0.6) is 11.5 Å². The van der Waals surface area contributed by atoms with Gasteiger partial charge in [-0.1, -0.05) is 43.7 Å². The number of hydrogen-bond acceptors (Lipinski definition) is 6. The van der Waals surface area contributed by atoms with Crippen molar-refractivity contribution in [3.05, 3.63) is 84.4 Å². The minimum absolute atomic E-state index is 0.0111. The zero-order valence-corrected chi connectivity index (χ0v) is 24.2. The molecule has 0 aliphatic heterocycles. The highest BCUT2D eigenvalue weighted by atomic mass is 32.2. The topological polar surface area (TPSA) is 105 Å². The largest absolute Gasteiger partial charge is 0.497 e. The highest BCUT2D eigenvalue weighted by molar-refractivity contribution is 7.92. The maximum absolute atomic E-state index is 13.9. The number of unbranched alkanes of at least 4 members (excludes halogenated alkanes) is 1. The standard InChI is InChI=1S/C30H37N3O6S/c1-5-6-20-31-30(35)23(2)32(21-24-12-14-26(38-3)15-13-24)29(34)22-33(25-10-8-7-9-11-25)40(36,37)28-18-16-27(39-4)17-19-28/h7-19,23H,5-6,20-22H2,1-4H3,(H,31,35)/t23-/m1/s1. The number of rotatable bonds is 14. The van der Waals surface area contributed by atoms with E-state index >= 15 is 0 Å². The van der Waals surface area contributed by atoms with E-state index in [0.717, 1.165) is 22.7 Å². The lowest BCUT2D eigenvalue weighted by atomic mass is 10.1. The highest BCUT2D eigenvalue weighted by Crippen LogP contribution is 2.26. The average Bonchev–Trinajstić information content (AvgIpc) is 2.98. The van der Waals surface area contributed by atoms with Crippen LogP contribution in [-0.2, 0) is 26.2 Å². The number of nitrogens with zero attached hydrogens (tertiary/aromatic N) is 2. The van der Waals surface area contributed by atoms with Crippen molar-refractivity contribution in [2.45, 2.75) is 44.2 Å². The molecule has 3 aromatic rings. The van der Waals surface area contributed by atoms with Crippen molar-refractivity contribution in [2.75, 3.05) is 31.6 Å². The number of anilines is 1. The molecule has 3 aromatic carbocycles. The molecule has 0 aromatic heterocycles. The Morgan fingerprint density at radius 3 is 2.00 bits per heavy atom. The lowest BCUT2D eigenvalue weighted by molar-refractivity contribution is -0.139. The Balaban J connectivity index is 1.96. The molecule has 2 amide bonds. The average molecular weight is 568 g/mol. The fourth-order valence-corrected chi connectivity index (χ4v) is 5.46. The summed E-state index contributed by atoms with van der Waals surface area (Å²) in [5, 5.41) is 2.88. The van der Waals surface area contributed by atoms with Crippen molar-refractivity contribution >= 4 is 27.5 Å². The van der Waals surface area contributed by atoms with Gasteiger partial charge in [-0.25, -0.2) is 8.42 Å². The van der Waals surface area contributed by atoms with E-state index in [4.69, 9.17) is 9.47 Å². The number of carbonyl (C=O) groups excluding carboxylic acids is 2. The Labute approximate surface area is 236 Å². The Hall–Kier alpha value is -4.05. The third kappa shape index (κ3) is 7.75. The number of amides is 2. The van der Waals surface area contributed by atoms with Gasteiger partial charge in [0.15, 0.2) is 0 Å². The van der Waals surface area contributed by atoms with E-state index in [2.05, 4.69) is 5.32 Å². The van der Waals surface area contributed by atoms with Crippen molar-refractivity contribution in [1.29, 1.82) is 0 Å². The van der Waals surface area contributed by atoms with Crippen LogP contribution in [-0.4, -0.2) is 58.5 Å². The smallest absolute Gasteiger partial charge is 0.264 e. The van der Waals surface area contributed by atoms with Crippen LogP contribution in [0, 0.1) is 0 Å². The zero-order valence-electron chi connectivity index (χ0n) is 23.4. The van der Waals surface area contributed by atoms with Crippen LogP contribution in [0.15, 0.2) is 83.8 Å². The fraction of sp³-hybridized carbons (Fsp3) is 0.333. The minimum Gasteiger partial charge on any atom is -0.497 e. The van der Waals surface area contributed by atoms with Crippen LogP contribution in [0.25, 0.3) is 0 Å². The highest BCUT2D eigenvalue weighted by Gasteiger charge is 2.32. The van der Waals surface area contributed by atoms with Gasteiger partial charge in [-0.15, -0.1) is 0 Å². The van der Waals surface area contributed by atoms with Crippen LogP contribution in [0.4, 0.5) is 5.69 Å². The van der Waals surface area contributed by atoms with Crippen molar-refractivity contribution in [2.24, 2.45) is 0 Å². The molecular formula is C30H37N3O6S. The molecule has 0 fully saturated rings. The summed E-state index contributed by atoms with van der Waals surface area (Å²) in [7, 11) is -1.08. The van der Waals surface area contributed by atoms with Crippen LogP contribution >= 0.6 is 0 Å². The second-order valence-electron chi connectivity index (χ2n) is 9.21. The first-order chi connectivity index (χ1) is 19.2. The van der Waals surface area contributed by atoms with Crippen LogP contribution in [0.2, 0.25) is 0 Å². The molecule has 0 heterocycles. The predicted molar refractivity (Wildman–Crippen MR) is 155 cm³/mol. The van der Waals surface area contributed by atoms with Crippen LogP contribution < -0.4 is 19.1 Å². The summed E-state index contributed by atoms with van der Waals surface area (Å²) in [6, 6.07) is 20.7. The molecule has 9 nitrogen and oxygen atoms in total. The second-order valence-corrected chi connectivity index (χ2v) is 11.1. The molecule has 1 atom stereocenters. The number of para-hydroxylation sites is 1. The van der Waals surface area contributed by atoms with E-state index in [1.165, 1.54) is 24.1 Å². The molecule has 0 bridgehead atoms. The summed E-state index contributed by atoms with van der Waals surface area (Å²) in [6.45, 7) is 3.77. The monoisotopic (exact) mass is 567 g/mol. The van der Waals surface area contributed by atoms with E-state index in [-0.39, 0.29) is 17.3 Å². The van der Waals surface area contributed by atoms with Crippen molar-refractivity contribution in [3.63, 3.8) is 0 Å². The van der Waals surface area contributed by atoms with E-state index in [9.17, 15) is 18.0 Å². The second kappa shape index (κ2) is 14.4. The molecule has 0 spiro atoms. The third-order valence-corrected chi connectivity index (χ3v) is 8.27. The first kappa shape index (κ1) is 30.5. The number of sulfonamides is 1. The van der Waals surface area contributed by atoms with Gasteiger partial charge in [-0.05, 0) is 67.4 Å². The Bertz CT molecular complexity index is 1350. The van der Waals surface area contributed by atoms with Crippen LogP contribution in [0.3, 0.4) is 0 Å². The van der Waals surface area contributed by atoms with Crippen molar-refractivity contribution in [1.82, 2.24) is 10.2 Å². The summed E-state index contributed by atoms with van der Waals surface area (Å²) < 4.78 is 39.1. The van der Waals surface area contributed by atoms with Crippen LogP contribution in [0.1, 0.15) is 32.3 Å². The number of nitrogens with one attached hydrogen (secondary N) is 1. The Morgan fingerprint density at radius 2 is 1.45 bits per heavy atom. The minimum atomic E-state index is -4.14. The van der Waals surface area contributed by atoms with E-state index in [1.54, 1.807) is 68.6 Å². The molecule has 0 aliphatic rings. The first-order valence-electron chi connectivity index (χ1n) is 13.1. The molecule has 10 heteroatoms. The molecule has 1 N–H and O–H groups in total. The van der Waals surface area contributed by atoms with Gasteiger partial charge in [0.05, 0.1) is 24.8 Å². The number of ether oxygens (including phenoxy) is 2. The molecule has 0 radical (unpaired) electrons. The van der Waals surface area contributed by atoms with Gasteiger partial charge in [0, 0.05) is 13.1 Å². The number of hydrogen-bond donors (Lipinski definition) is 1. The van der Waals surface area contributed by atoms with Gasteiger partial charge in [0.1, 0.15) is 24.1 Å². The molecule has 0 aliphatic carbocycles. The molecule has 3 rings (SSSR count). The maximum Gasteiger partial charge on any atom is 0.264 e. The van der Waals surface area contributed by atoms with Gasteiger partial charge in [0.2, 0.25) is 11.8 Å². The molecule has 0 saturated carbocycles. The predicted octanol–water partition coefficient (Wildman–Crippen LogP) is 4.23. The van der Waals surface area contributed by atoms with E-state index < -0.39 is 28.5 Å². The summed E-state index contributed by atoms with van der Waals surface area (Å²) in [5.74, 6) is 0.345. The van der Waals surface area contributed by atoms with Gasteiger partial charge < -0.3 is 19.7 Å². The summed E-state index contributed by atoms with van der Waals surface area (Å²) >= 11 is 0. The van der Waals surface area contributed by atoms with Crippen molar-refractivity contribution < 1.29 is 27.5 Å². The molecule has 0 unspecified atom stereocenters. The van der Waals surface area contributed by atoms with Gasteiger partial charge in [-0.2, -0.15) is 0 Å². The molecule has 40 heavy (non-hydrogen) atoms. The molecule has 214 valence electrons. The summed E-state index contributed by atoms with van der Waals surface area (Å²) in [4.78, 5) is 28.3. The summed E-state index contributed by atoms with van der Waals surface area (Å²) in [5.41, 5.74) is 1.10. The van der Waals surface area contributed by atoms with Crippen molar-refractivity contribution in [3.8, 4) is 11.5 Å². The SMILES string of the molecule is CCCCNC(=O)[C@@H](C)N(Cc1ccc(OC)cc1)C(=O)CN(c1ccccc1)S(=O)(=O)c1ccc(OC)cc1. The first-order valence-corrected chi connectivity index (χ1v) is 14.6.